The van der Waals surface area contributed by atoms with Gasteiger partial charge in [-0.2, -0.15) is 0 Å². The van der Waals surface area contributed by atoms with Gasteiger partial charge in [0, 0.05) is 23.8 Å². The minimum atomic E-state index is -0.755. The lowest BCUT2D eigenvalue weighted by molar-refractivity contribution is -0.159. The summed E-state index contributed by atoms with van der Waals surface area (Å²) in [7, 11) is 3.27. The Morgan fingerprint density at radius 1 is 1.17 bits per heavy atom. The lowest BCUT2D eigenvalue weighted by Crippen LogP contribution is -2.59. The van der Waals surface area contributed by atoms with E-state index in [1.807, 2.05) is 48.6 Å². The van der Waals surface area contributed by atoms with E-state index in [0.29, 0.717) is 19.3 Å². The normalized spacial score (nSPS) is 18.7. The van der Waals surface area contributed by atoms with Crippen LogP contribution in [0, 0.1) is 11.8 Å². The van der Waals surface area contributed by atoms with Crippen LogP contribution in [0.1, 0.15) is 108 Å². The van der Waals surface area contributed by atoms with Gasteiger partial charge in [-0.3, -0.25) is 19.3 Å². The van der Waals surface area contributed by atoms with E-state index in [2.05, 4.69) is 15.2 Å². The molecule has 0 spiro atoms. The van der Waals surface area contributed by atoms with E-state index in [4.69, 9.17) is 9.47 Å². The molecule has 0 bridgehead atoms. The topological polar surface area (TPSA) is 118 Å². The lowest BCUT2D eigenvalue weighted by atomic mass is 9.90. The third-order valence-electron chi connectivity index (χ3n) is 8.05. The lowest BCUT2D eigenvalue weighted by Gasteiger charge is -2.39. The SMILES string of the molecule is CCCC(=O)OCN(C(=O)[C@@H](NC(=O)C1CCCCN1C)C(C)CC)[C@H](C[C@@H](C)c1nc(C(=O)OC)cs1)C(C)C. The van der Waals surface area contributed by atoms with Gasteiger partial charge in [-0.1, -0.05) is 54.4 Å². The summed E-state index contributed by atoms with van der Waals surface area (Å²) in [5.41, 5.74) is 0.258. The number of rotatable bonds is 15. The van der Waals surface area contributed by atoms with Crippen molar-refractivity contribution in [1.82, 2.24) is 20.1 Å². The summed E-state index contributed by atoms with van der Waals surface area (Å²) in [5.74, 6) is -1.44. The summed E-state index contributed by atoms with van der Waals surface area (Å²) in [4.78, 5) is 60.2. The van der Waals surface area contributed by atoms with Gasteiger partial charge < -0.3 is 19.7 Å². The molecule has 1 aromatic heterocycles. The first-order valence-corrected chi connectivity index (χ1v) is 15.8. The molecule has 1 fully saturated rings. The van der Waals surface area contributed by atoms with Gasteiger partial charge in [-0.25, -0.2) is 9.78 Å². The molecule has 1 N–H and O–H groups in total. The first-order valence-electron chi connectivity index (χ1n) is 14.9. The summed E-state index contributed by atoms with van der Waals surface area (Å²) < 4.78 is 10.4. The second-order valence-electron chi connectivity index (χ2n) is 11.6. The minimum absolute atomic E-state index is 0.0177. The molecule has 0 aromatic carbocycles. The molecule has 0 aliphatic carbocycles. The Morgan fingerprint density at radius 3 is 2.46 bits per heavy atom. The minimum Gasteiger partial charge on any atom is -0.464 e. The molecule has 10 nitrogen and oxygen atoms in total. The number of carbonyl (C=O) groups excluding carboxylic acids is 4. The summed E-state index contributed by atoms with van der Waals surface area (Å²) in [6, 6.07) is -1.33. The maximum absolute atomic E-state index is 14.3. The molecular weight excluding hydrogens is 544 g/mol. The van der Waals surface area contributed by atoms with Crippen LogP contribution in [-0.4, -0.2) is 84.1 Å². The van der Waals surface area contributed by atoms with Crippen molar-refractivity contribution in [3.63, 3.8) is 0 Å². The van der Waals surface area contributed by atoms with E-state index in [0.717, 1.165) is 30.8 Å². The molecule has 1 saturated heterocycles. The van der Waals surface area contributed by atoms with E-state index in [1.165, 1.54) is 18.4 Å². The van der Waals surface area contributed by atoms with Gasteiger partial charge in [-0.05, 0) is 51.1 Å². The molecule has 0 radical (unpaired) electrons. The highest BCUT2D eigenvalue weighted by Crippen LogP contribution is 2.30. The number of hydrogen-bond acceptors (Lipinski definition) is 9. The number of likely N-dealkylation sites (N-methyl/N-ethyl adjacent to an activating group) is 1. The molecule has 1 aliphatic rings. The van der Waals surface area contributed by atoms with Crippen LogP contribution in [0.3, 0.4) is 0 Å². The van der Waals surface area contributed by atoms with Crippen molar-refractivity contribution in [2.24, 2.45) is 11.8 Å². The average Bonchev–Trinajstić information content (AvgIpc) is 3.45. The van der Waals surface area contributed by atoms with Crippen LogP contribution >= 0.6 is 11.3 Å². The van der Waals surface area contributed by atoms with Crippen LogP contribution in [0.4, 0.5) is 0 Å². The predicted octanol–water partition coefficient (Wildman–Crippen LogP) is 4.59. The average molecular weight is 595 g/mol. The van der Waals surface area contributed by atoms with Gasteiger partial charge in [-0.15, -0.1) is 11.3 Å². The Balaban J connectivity index is 2.37. The summed E-state index contributed by atoms with van der Waals surface area (Å²) in [6.07, 6.45) is 4.93. The number of esters is 2. The van der Waals surface area contributed by atoms with Gasteiger partial charge in [0.15, 0.2) is 12.4 Å². The zero-order chi connectivity index (χ0) is 30.7. The second kappa shape index (κ2) is 16.8. The fraction of sp³-hybridized carbons (Fsp3) is 0.767. The van der Waals surface area contributed by atoms with Crippen molar-refractivity contribution in [2.75, 3.05) is 27.4 Å². The fourth-order valence-electron chi connectivity index (χ4n) is 5.19. The Morgan fingerprint density at radius 2 is 1.88 bits per heavy atom. The molecule has 41 heavy (non-hydrogen) atoms. The van der Waals surface area contributed by atoms with Gasteiger partial charge in [0.25, 0.3) is 0 Å². The largest absolute Gasteiger partial charge is 0.464 e. The van der Waals surface area contributed by atoms with Crippen molar-refractivity contribution in [3.8, 4) is 0 Å². The zero-order valence-electron chi connectivity index (χ0n) is 26.1. The number of thiazole rings is 1. The van der Waals surface area contributed by atoms with Crippen LogP contribution in [0.5, 0.6) is 0 Å². The molecular formula is C30H50N4O6S. The zero-order valence-corrected chi connectivity index (χ0v) is 26.9. The Labute approximate surface area is 249 Å². The standard InChI is InChI=1S/C30H50N4O6S/c1-9-13-25(35)40-18-34(24(19(3)4)16-21(6)28-31-22(17-41-28)30(38)39-8)29(37)26(20(5)10-2)32-27(36)23-14-11-12-15-33(23)7/h17,19-21,23-24,26H,9-16,18H2,1-8H3,(H,32,36)/t20?,21-,23?,24-,26+/m1/s1. The third-order valence-corrected chi connectivity index (χ3v) is 9.13. The van der Waals surface area contributed by atoms with E-state index >= 15 is 0 Å². The predicted molar refractivity (Wildman–Crippen MR) is 159 cm³/mol. The first kappa shape index (κ1) is 34.7. The Kier molecular flexibility index (Phi) is 14.2. The number of hydrogen-bond donors (Lipinski definition) is 1. The third kappa shape index (κ3) is 9.77. The number of methoxy groups -OCH3 is 1. The molecule has 11 heteroatoms. The molecule has 2 rings (SSSR count). The number of aromatic nitrogens is 1. The van der Waals surface area contributed by atoms with Crippen molar-refractivity contribution in [1.29, 1.82) is 0 Å². The molecule has 2 amide bonds. The van der Waals surface area contributed by atoms with E-state index in [9.17, 15) is 19.2 Å². The monoisotopic (exact) mass is 594 g/mol. The van der Waals surface area contributed by atoms with Crippen molar-refractivity contribution in [2.45, 2.75) is 111 Å². The van der Waals surface area contributed by atoms with Crippen LogP contribution in [-0.2, 0) is 23.9 Å². The van der Waals surface area contributed by atoms with Gasteiger partial charge in [0.2, 0.25) is 11.8 Å². The molecule has 2 unspecified atom stereocenters. The van der Waals surface area contributed by atoms with E-state index in [1.54, 1.807) is 10.3 Å². The Hall–Kier alpha value is -2.53. The van der Waals surface area contributed by atoms with Crippen molar-refractivity contribution < 1.29 is 28.7 Å². The number of carbonyl (C=O) groups is 4. The van der Waals surface area contributed by atoms with Crippen LogP contribution in [0.2, 0.25) is 0 Å². The smallest absolute Gasteiger partial charge is 0.357 e. The summed E-state index contributed by atoms with van der Waals surface area (Å²) >= 11 is 1.38. The molecule has 0 saturated carbocycles. The van der Waals surface area contributed by atoms with Crippen LogP contribution < -0.4 is 5.32 Å². The molecule has 1 aliphatic heterocycles. The number of nitrogens with one attached hydrogen (secondary N) is 1. The maximum Gasteiger partial charge on any atom is 0.357 e. The Bertz CT molecular complexity index is 1010. The van der Waals surface area contributed by atoms with E-state index < -0.39 is 12.0 Å². The summed E-state index contributed by atoms with van der Waals surface area (Å²) in [5, 5.41) is 5.53. The number of likely N-dealkylation sites (tertiary alicyclic amines) is 1. The number of amides is 2. The fourth-order valence-corrected chi connectivity index (χ4v) is 6.05. The first-order chi connectivity index (χ1) is 19.4. The van der Waals surface area contributed by atoms with Gasteiger partial charge >= 0.3 is 11.9 Å². The van der Waals surface area contributed by atoms with Gasteiger partial charge in [0.1, 0.15) is 6.04 Å². The number of ether oxygens (including phenoxy) is 2. The number of nitrogens with zero attached hydrogens (tertiary/aromatic N) is 3. The van der Waals surface area contributed by atoms with Gasteiger partial charge in [0.05, 0.1) is 18.2 Å². The van der Waals surface area contributed by atoms with Crippen molar-refractivity contribution >= 4 is 35.1 Å². The highest BCUT2D eigenvalue weighted by Gasteiger charge is 2.38. The quantitative estimate of drug-likeness (QED) is 0.231. The molecule has 232 valence electrons. The van der Waals surface area contributed by atoms with Crippen molar-refractivity contribution in [3.05, 3.63) is 16.1 Å². The number of piperidine rings is 1. The van der Waals surface area contributed by atoms with Crippen LogP contribution in [0.25, 0.3) is 0 Å². The molecule has 1 aromatic rings. The summed E-state index contributed by atoms with van der Waals surface area (Å²) in [6.45, 7) is 12.6. The molecule has 2 heterocycles. The maximum atomic E-state index is 14.3. The molecule has 5 atom stereocenters. The highest BCUT2D eigenvalue weighted by molar-refractivity contribution is 7.09. The second-order valence-corrected chi connectivity index (χ2v) is 12.5. The highest BCUT2D eigenvalue weighted by atomic mass is 32.1. The van der Waals surface area contributed by atoms with E-state index in [-0.39, 0.29) is 66.5 Å². The van der Waals surface area contributed by atoms with Crippen LogP contribution in [0.15, 0.2) is 5.38 Å².